The maximum Gasteiger partial charge on any atom is 0.241 e. The van der Waals surface area contributed by atoms with Crippen molar-refractivity contribution >= 4 is 17.5 Å². The molecule has 4 N–H and O–H groups in total. The highest BCUT2D eigenvalue weighted by Crippen LogP contribution is 2.21. The highest BCUT2D eigenvalue weighted by atomic mass is 16.2. The molecular formula is C13H17N3O2. The summed E-state index contributed by atoms with van der Waals surface area (Å²) in [5, 5.41) is 5.96. The van der Waals surface area contributed by atoms with Gasteiger partial charge >= 0.3 is 0 Å². The Labute approximate surface area is 106 Å². The largest absolute Gasteiger partial charge is 0.370 e. The van der Waals surface area contributed by atoms with E-state index in [2.05, 4.69) is 10.6 Å². The zero-order valence-electron chi connectivity index (χ0n) is 10.1. The molecule has 1 heterocycles. The Hall–Kier alpha value is -1.88. The van der Waals surface area contributed by atoms with Gasteiger partial charge in [-0.05, 0) is 24.5 Å². The fourth-order valence-electron chi connectivity index (χ4n) is 2.08. The van der Waals surface area contributed by atoms with E-state index in [1.807, 2.05) is 24.3 Å². The van der Waals surface area contributed by atoms with Crippen molar-refractivity contribution in [2.24, 2.45) is 5.73 Å². The number of benzene rings is 1. The Morgan fingerprint density at radius 3 is 3.00 bits per heavy atom. The second kappa shape index (κ2) is 5.64. The van der Waals surface area contributed by atoms with Crippen LogP contribution in [0.5, 0.6) is 0 Å². The fourth-order valence-corrected chi connectivity index (χ4v) is 2.08. The van der Waals surface area contributed by atoms with Gasteiger partial charge in [0, 0.05) is 18.7 Å². The van der Waals surface area contributed by atoms with Crippen molar-refractivity contribution in [1.82, 2.24) is 5.32 Å². The number of hydrogen-bond donors (Lipinski definition) is 3. The van der Waals surface area contributed by atoms with Gasteiger partial charge < -0.3 is 16.4 Å². The molecule has 0 fully saturated rings. The topological polar surface area (TPSA) is 84.2 Å². The number of amides is 2. The average molecular weight is 247 g/mol. The number of rotatable bonds is 4. The van der Waals surface area contributed by atoms with Gasteiger partial charge in [0.15, 0.2) is 0 Å². The molecule has 1 atom stereocenters. The maximum atomic E-state index is 12.0. The lowest BCUT2D eigenvalue weighted by Gasteiger charge is -2.14. The van der Waals surface area contributed by atoms with E-state index in [4.69, 9.17) is 5.73 Å². The summed E-state index contributed by atoms with van der Waals surface area (Å²) < 4.78 is 0. The molecule has 1 unspecified atom stereocenters. The lowest BCUT2D eigenvalue weighted by atomic mass is 10.1. The molecule has 1 aromatic carbocycles. The van der Waals surface area contributed by atoms with E-state index in [9.17, 15) is 9.59 Å². The summed E-state index contributed by atoms with van der Waals surface area (Å²) in [6.45, 7) is 0.434. The van der Waals surface area contributed by atoms with Crippen molar-refractivity contribution in [3.8, 4) is 0 Å². The summed E-state index contributed by atoms with van der Waals surface area (Å²) in [5.41, 5.74) is 7.08. The molecule has 0 saturated heterocycles. The van der Waals surface area contributed by atoms with Crippen LogP contribution in [0.3, 0.4) is 0 Å². The van der Waals surface area contributed by atoms with Gasteiger partial charge in [0.05, 0.1) is 6.04 Å². The number of fused-ring (bicyclic) bond motifs is 1. The summed E-state index contributed by atoms with van der Waals surface area (Å²) in [6.07, 6.45) is 1.81. The van der Waals surface area contributed by atoms with Crippen molar-refractivity contribution in [2.75, 3.05) is 11.9 Å². The predicted molar refractivity (Wildman–Crippen MR) is 69.0 cm³/mol. The molecule has 5 nitrogen and oxygen atoms in total. The first-order valence-corrected chi connectivity index (χ1v) is 6.07. The first-order chi connectivity index (χ1) is 8.66. The first-order valence-electron chi connectivity index (χ1n) is 6.07. The standard InChI is InChI=1S/C13H17N3O2/c14-12(17)7-8-15-11-6-5-9-3-1-2-4-10(9)16-13(11)18/h1-4,11,15H,5-8H2,(H2,14,17)(H,16,18). The van der Waals surface area contributed by atoms with E-state index in [1.54, 1.807) is 0 Å². The van der Waals surface area contributed by atoms with Gasteiger partial charge in [0.25, 0.3) is 0 Å². The van der Waals surface area contributed by atoms with E-state index < -0.39 is 0 Å². The molecule has 2 rings (SSSR count). The molecule has 0 aliphatic carbocycles. The molecule has 5 heteroatoms. The molecular weight excluding hydrogens is 230 g/mol. The molecule has 0 bridgehead atoms. The second-order valence-corrected chi connectivity index (χ2v) is 4.41. The number of carbonyl (C=O) groups is 2. The van der Waals surface area contributed by atoms with Crippen LogP contribution in [-0.4, -0.2) is 24.4 Å². The fraction of sp³-hybridized carbons (Fsp3) is 0.385. The van der Waals surface area contributed by atoms with Crippen LogP contribution >= 0.6 is 0 Å². The quantitative estimate of drug-likeness (QED) is 0.720. The van der Waals surface area contributed by atoms with Crippen LogP contribution in [0.15, 0.2) is 24.3 Å². The molecule has 0 aromatic heterocycles. The number of primary amides is 1. The van der Waals surface area contributed by atoms with E-state index in [0.717, 1.165) is 24.1 Å². The van der Waals surface area contributed by atoms with Crippen molar-refractivity contribution in [3.05, 3.63) is 29.8 Å². The van der Waals surface area contributed by atoms with Crippen molar-refractivity contribution in [2.45, 2.75) is 25.3 Å². The number of anilines is 1. The molecule has 0 saturated carbocycles. The third kappa shape index (κ3) is 3.07. The molecule has 96 valence electrons. The lowest BCUT2D eigenvalue weighted by Crippen LogP contribution is -2.41. The second-order valence-electron chi connectivity index (χ2n) is 4.41. The third-order valence-electron chi connectivity index (χ3n) is 3.06. The minimum atomic E-state index is -0.361. The zero-order valence-corrected chi connectivity index (χ0v) is 10.1. The van der Waals surface area contributed by atoms with Gasteiger partial charge in [-0.1, -0.05) is 18.2 Å². The Morgan fingerprint density at radius 1 is 1.44 bits per heavy atom. The minimum absolute atomic E-state index is 0.0515. The van der Waals surface area contributed by atoms with Gasteiger partial charge in [0.2, 0.25) is 11.8 Å². The molecule has 1 aliphatic heterocycles. The number of hydrogen-bond acceptors (Lipinski definition) is 3. The van der Waals surface area contributed by atoms with Crippen LogP contribution in [0, 0.1) is 0 Å². The summed E-state index contributed by atoms with van der Waals surface area (Å²) in [7, 11) is 0. The molecule has 1 aromatic rings. The van der Waals surface area contributed by atoms with Gasteiger partial charge in [-0.15, -0.1) is 0 Å². The van der Waals surface area contributed by atoms with Crippen LogP contribution in [0.1, 0.15) is 18.4 Å². The summed E-state index contributed by atoms with van der Waals surface area (Å²) in [4.78, 5) is 22.6. The smallest absolute Gasteiger partial charge is 0.241 e. The lowest BCUT2D eigenvalue weighted by molar-refractivity contribution is -0.120. The molecule has 0 spiro atoms. The molecule has 18 heavy (non-hydrogen) atoms. The number of nitrogens with two attached hydrogens (primary N) is 1. The maximum absolute atomic E-state index is 12.0. The van der Waals surface area contributed by atoms with Gasteiger partial charge in [-0.3, -0.25) is 9.59 Å². The highest BCUT2D eigenvalue weighted by molar-refractivity contribution is 5.96. The minimum Gasteiger partial charge on any atom is -0.370 e. The Kier molecular flexibility index (Phi) is 3.94. The van der Waals surface area contributed by atoms with Gasteiger partial charge in [0.1, 0.15) is 0 Å². The number of nitrogens with one attached hydrogen (secondary N) is 2. The van der Waals surface area contributed by atoms with Crippen molar-refractivity contribution in [3.63, 3.8) is 0 Å². The Balaban J connectivity index is 1.97. The molecule has 2 amide bonds. The Morgan fingerprint density at radius 2 is 2.22 bits per heavy atom. The summed E-state index contributed by atoms with van der Waals surface area (Å²) in [6, 6.07) is 7.52. The van der Waals surface area contributed by atoms with E-state index >= 15 is 0 Å². The predicted octanol–water partition coefficient (Wildman–Crippen LogP) is 0.405. The van der Waals surface area contributed by atoms with Crippen molar-refractivity contribution < 1.29 is 9.59 Å². The number of para-hydroxylation sites is 1. The van der Waals surface area contributed by atoms with Crippen LogP contribution in [0.25, 0.3) is 0 Å². The molecule has 1 aliphatic rings. The summed E-state index contributed by atoms with van der Waals surface area (Å²) >= 11 is 0. The SMILES string of the molecule is NC(=O)CCNC1CCc2ccccc2NC1=O. The third-order valence-corrected chi connectivity index (χ3v) is 3.06. The monoisotopic (exact) mass is 247 g/mol. The number of aryl methyl sites for hydroxylation is 1. The average Bonchev–Trinajstić information content (AvgIpc) is 2.49. The van der Waals surface area contributed by atoms with Crippen LogP contribution in [-0.2, 0) is 16.0 Å². The number of carbonyl (C=O) groups excluding carboxylic acids is 2. The summed E-state index contributed by atoms with van der Waals surface area (Å²) in [5.74, 6) is -0.413. The van der Waals surface area contributed by atoms with Gasteiger partial charge in [-0.25, -0.2) is 0 Å². The van der Waals surface area contributed by atoms with Crippen LogP contribution < -0.4 is 16.4 Å². The molecule has 0 radical (unpaired) electrons. The van der Waals surface area contributed by atoms with Gasteiger partial charge in [-0.2, -0.15) is 0 Å². The van der Waals surface area contributed by atoms with Crippen LogP contribution in [0.2, 0.25) is 0 Å². The zero-order chi connectivity index (χ0) is 13.0. The van der Waals surface area contributed by atoms with E-state index in [0.29, 0.717) is 6.54 Å². The van der Waals surface area contributed by atoms with E-state index in [-0.39, 0.29) is 24.3 Å². The highest BCUT2D eigenvalue weighted by Gasteiger charge is 2.22. The Bertz CT molecular complexity index is 459. The first kappa shape index (κ1) is 12.6. The van der Waals surface area contributed by atoms with Crippen LogP contribution in [0.4, 0.5) is 5.69 Å². The van der Waals surface area contributed by atoms with E-state index in [1.165, 1.54) is 0 Å². The normalized spacial score (nSPS) is 18.7. The van der Waals surface area contributed by atoms with Crippen molar-refractivity contribution in [1.29, 1.82) is 0 Å².